The number of ether oxygens (including phenoxy) is 1. The van der Waals surface area contributed by atoms with Gasteiger partial charge in [0.15, 0.2) is 0 Å². The van der Waals surface area contributed by atoms with E-state index in [-0.39, 0.29) is 6.10 Å². The number of nitrogens with one attached hydrogen (secondary N) is 1. The highest BCUT2D eigenvalue weighted by molar-refractivity contribution is 9.10. The average molecular weight is 366 g/mol. The van der Waals surface area contributed by atoms with Gasteiger partial charge in [0.25, 0.3) is 0 Å². The molecular weight excluding hydrogens is 346 g/mol. The molecular formula is C17H20BrNOS. The highest BCUT2D eigenvalue weighted by Gasteiger charge is 2.29. The first-order valence-corrected chi connectivity index (χ1v) is 9.09. The van der Waals surface area contributed by atoms with Crippen LogP contribution in [-0.2, 0) is 0 Å². The molecule has 0 bridgehead atoms. The lowest BCUT2D eigenvalue weighted by molar-refractivity contribution is 0.154. The molecule has 1 aromatic heterocycles. The van der Waals surface area contributed by atoms with E-state index in [2.05, 4.69) is 64.7 Å². The van der Waals surface area contributed by atoms with Crippen molar-refractivity contribution in [3.8, 4) is 5.75 Å². The third-order valence-corrected chi connectivity index (χ3v) is 5.59. The quantitative estimate of drug-likeness (QED) is 0.784. The summed E-state index contributed by atoms with van der Waals surface area (Å²) in [7, 11) is 0. The second kappa shape index (κ2) is 6.51. The topological polar surface area (TPSA) is 21.3 Å². The molecule has 0 saturated heterocycles. The van der Waals surface area contributed by atoms with Crippen molar-refractivity contribution in [1.29, 1.82) is 0 Å². The molecule has 3 rings (SSSR count). The monoisotopic (exact) mass is 365 g/mol. The third kappa shape index (κ3) is 3.33. The Hall–Kier alpha value is -0.840. The van der Waals surface area contributed by atoms with Gasteiger partial charge in [0, 0.05) is 32.8 Å². The molecule has 0 amide bonds. The van der Waals surface area contributed by atoms with Gasteiger partial charge >= 0.3 is 0 Å². The van der Waals surface area contributed by atoms with E-state index in [1.807, 2.05) is 0 Å². The molecule has 1 N–H and O–H groups in total. The number of hydrogen-bond acceptors (Lipinski definition) is 3. The minimum absolute atomic E-state index is 0.144. The predicted octanol–water partition coefficient (Wildman–Crippen LogP) is 5.38. The fourth-order valence-electron chi connectivity index (χ4n) is 2.77. The molecule has 1 aliphatic rings. The highest BCUT2D eigenvalue weighted by atomic mass is 79.9. The molecule has 2 aromatic rings. The van der Waals surface area contributed by atoms with Gasteiger partial charge in [0.2, 0.25) is 0 Å². The summed E-state index contributed by atoms with van der Waals surface area (Å²) in [4.78, 5) is 1.29. The maximum Gasteiger partial charge on any atom is 0.135 e. The van der Waals surface area contributed by atoms with E-state index in [0.717, 1.165) is 29.6 Å². The molecule has 0 radical (unpaired) electrons. The van der Waals surface area contributed by atoms with Crippen LogP contribution in [0.15, 0.2) is 34.1 Å². The summed E-state index contributed by atoms with van der Waals surface area (Å²) < 4.78 is 7.38. The smallest absolute Gasteiger partial charge is 0.135 e. The van der Waals surface area contributed by atoms with Crippen molar-refractivity contribution in [1.82, 2.24) is 5.32 Å². The Labute approximate surface area is 138 Å². The van der Waals surface area contributed by atoms with Crippen LogP contribution in [0.5, 0.6) is 5.75 Å². The van der Waals surface area contributed by atoms with Gasteiger partial charge in [-0.3, -0.25) is 0 Å². The van der Waals surface area contributed by atoms with E-state index in [1.165, 1.54) is 16.0 Å². The van der Waals surface area contributed by atoms with Crippen LogP contribution in [0.3, 0.4) is 0 Å². The Balaban J connectivity index is 1.90. The largest absolute Gasteiger partial charge is 0.484 e. The van der Waals surface area contributed by atoms with E-state index in [9.17, 15) is 0 Å². The van der Waals surface area contributed by atoms with Gasteiger partial charge in [-0.15, -0.1) is 11.3 Å². The lowest BCUT2D eigenvalue weighted by Crippen LogP contribution is -2.29. The summed E-state index contributed by atoms with van der Waals surface area (Å²) in [6.07, 6.45) is 2.28. The summed E-state index contributed by atoms with van der Waals surface area (Å²) >= 11 is 5.30. The summed E-state index contributed by atoms with van der Waals surface area (Å²) in [6, 6.07) is 9.04. The fraction of sp³-hybridized carbons (Fsp3) is 0.412. The molecule has 2 nitrogen and oxygen atoms in total. The Bertz CT molecular complexity index is 625. The number of thiophene rings is 1. The van der Waals surface area contributed by atoms with Crippen LogP contribution in [0, 0.1) is 6.92 Å². The summed E-state index contributed by atoms with van der Waals surface area (Å²) in [6.45, 7) is 5.38. The molecule has 21 heavy (non-hydrogen) atoms. The zero-order valence-corrected chi connectivity index (χ0v) is 14.8. The molecule has 0 fully saturated rings. The van der Waals surface area contributed by atoms with Gasteiger partial charge < -0.3 is 10.1 Å². The summed E-state index contributed by atoms with van der Waals surface area (Å²) in [5.74, 6) is 1.02. The van der Waals surface area contributed by atoms with Gasteiger partial charge in [-0.05, 0) is 48.0 Å². The first kappa shape index (κ1) is 15.1. The maximum atomic E-state index is 6.25. The van der Waals surface area contributed by atoms with Crippen LogP contribution in [0.4, 0.5) is 0 Å². The molecule has 2 unspecified atom stereocenters. The number of rotatable bonds is 4. The average Bonchev–Trinajstić information content (AvgIpc) is 2.91. The number of aryl methyl sites for hydroxylation is 1. The standard InChI is InChI=1S/C17H20BrNOS/c1-3-6-19-14-9-16(17-8-12(18)10-21-17)20-15-5-4-11(2)7-13(14)15/h4-5,7-8,10,14,16,19H,3,6,9H2,1-2H3. The number of benzene rings is 1. The first-order chi connectivity index (χ1) is 10.2. The lowest BCUT2D eigenvalue weighted by Gasteiger charge is -2.32. The molecule has 0 aliphatic carbocycles. The van der Waals surface area contributed by atoms with Gasteiger partial charge in [-0.25, -0.2) is 0 Å². The van der Waals surface area contributed by atoms with Crippen molar-refractivity contribution < 1.29 is 4.74 Å². The van der Waals surface area contributed by atoms with Gasteiger partial charge in [-0.2, -0.15) is 0 Å². The number of fused-ring (bicyclic) bond motifs is 1. The SMILES string of the molecule is CCCNC1CC(c2cc(Br)cs2)Oc2ccc(C)cc21. The van der Waals surface area contributed by atoms with Gasteiger partial charge in [0.1, 0.15) is 11.9 Å². The Kier molecular flexibility index (Phi) is 4.67. The molecule has 0 spiro atoms. The van der Waals surface area contributed by atoms with Crippen molar-refractivity contribution in [2.75, 3.05) is 6.54 Å². The number of halogens is 1. The first-order valence-electron chi connectivity index (χ1n) is 7.42. The Morgan fingerprint density at radius 2 is 2.24 bits per heavy atom. The van der Waals surface area contributed by atoms with Crippen LogP contribution in [0.1, 0.15) is 47.9 Å². The van der Waals surface area contributed by atoms with E-state index in [1.54, 1.807) is 11.3 Å². The molecule has 4 heteroatoms. The zero-order valence-electron chi connectivity index (χ0n) is 12.4. The summed E-state index contributed by atoms with van der Waals surface area (Å²) in [5.41, 5.74) is 2.59. The van der Waals surface area contributed by atoms with Crippen LogP contribution >= 0.6 is 27.3 Å². The van der Waals surface area contributed by atoms with E-state index in [4.69, 9.17) is 4.74 Å². The minimum atomic E-state index is 0.144. The third-order valence-electron chi connectivity index (χ3n) is 3.81. The van der Waals surface area contributed by atoms with Crippen molar-refractivity contribution in [3.05, 3.63) is 50.1 Å². The Morgan fingerprint density at radius 3 is 2.95 bits per heavy atom. The van der Waals surface area contributed by atoms with E-state index in [0.29, 0.717) is 6.04 Å². The molecule has 0 saturated carbocycles. The predicted molar refractivity (Wildman–Crippen MR) is 92.2 cm³/mol. The summed E-state index contributed by atoms with van der Waals surface area (Å²) in [5, 5.41) is 5.80. The van der Waals surface area contributed by atoms with Gasteiger partial charge in [-0.1, -0.05) is 24.6 Å². The Morgan fingerprint density at radius 1 is 1.38 bits per heavy atom. The molecule has 2 heterocycles. The van der Waals surface area contributed by atoms with Crippen LogP contribution in [-0.4, -0.2) is 6.54 Å². The molecule has 112 valence electrons. The zero-order chi connectivity index (χ0) is 14.8. The maximum absolute atomic E-state index is 6.25. The molecule has 1 aromatic carbocycles. The lowest BCUT2D eigenvalue weighted by atomic mass is 9.94. The van der Waals surface area contributed by atoms with E-state index < -0.39 is 0 Å². The second-order valence-corrected chi connectivity index (χ2v) is 7.42. The minimum Gasteiger partial charge on any atom is -0.484 e. The fourth-order valence-corrected chi connectivity index (χ4v) is 4.26. The number of hydrogen-bond donors (Lipinski definition) is 1. The van der Waals surface area contributed by atoms with E-state index >= 15 is 0 Å². The van der Waals surface area contributed by atoms with Crippen LogP contribution in [0.25, 0.3) is 0 Å². The second-order valence-electron chi connectivity index (χ2n) is 5.56. The highest BCUT2D eigenvalue weighted by Crippen LogP contribution is 2.43. The normalized spacial score (nSPS) is 20.9. The molecule has 2 atom stereocenters. The van der Waals surface area contributed by atoms with Crippen molar-refractivity contribution in [2.45, 2.75) is 38.8 Å². The van der Waals surface area contributed by atoms with Gasteiger partial charge in [0.05, 0.1) is 0 Å². The van der Waals surface area contributed by atoms with Crippen LogP contribution < -0.4 is 10.1 Å². The van der Waals surface area contributed by atoms with Crippen molar-refractivity contribution in [2.24, 2.45) is 0 Å². The van der Waals surface area contributed by atoms with Crippen molar-refractivity contribution in [3.63, 3.8) is 0 Å². The molecule has 1 aliphatic heterocycles. The van der Waals surface area contributed by atoms with Crippen molar-refractivity contribution >= 4 is 27.3 Å². The van der Waals surface area contributed by atoms with Crippen LogP contribution in [0.2, 0.25) is 0 Å².